The van der Waals surface area contributed by atoms with Crippen LogP contribution in [0.3, 0.4) is 0 Å². The smallest absolute Gasteiger partial charge is 0.799 e. The molecule has 0 aromatic heterocycles. The van der Waals surface area contributed by atoms with Gasteiger partial charge in [0.25, 0.3) is 0 Å². The average Bonchev–Trinajstić information content (AvgIpc) is 0.951. The number of allylic oxidation sites excluding steroid dienone is 12. The van der Waals surface area contributed by atoms with Crippen molar-refractivity contribution in [2.24, 2.45) is 0 Å². The molecule has 0 aliphatic heterocycles. The third kappa shape index (κ3) is 118. The Morgan fingerprint density at radius 3 is 0.305 bits per heavy atom. The van der Waals surface area contributed by atoms with Crippen molar-refractivity contribution in [3.63, 3.8) is 0 Å². The monoisotopic (exact) mass is 1750 g/mol. The van der Waals surface area contributed by atoms with E-state index in [0.717, 1.165) is 77.0 Å². The summed E-state index contributed by atoms with van der Waals surface area (Å²) in [5.74, 6) is 0. The first-order chi connectivity index (χ1) is 57.4. The van der Waals surface area contributed by atoms with Crippen molar-refractivity contribution in [3.05, 3.63) is 72.9 Å². The Balaban J connectivity index is -0.000000823. The van der Waals surface area contributed by atoms with Crippen molar-refractivity contribution in [2.45, 2.75) is 581 Å². The Labute approximate surface area is 753 Å². The van der Waals surface area contributed by atoms with Crippen LogP contribution in [-0.4, -0.2) is 37.0 Å². The Morgan fingerprint density at radius 1 is 0.136 bits per heavy atom. The molecule has 0 bridgehead atoms. The van der Waals surface area contributed by atoms with Crippen molar-refractivity contribution in [1.82, 2.24) is 0 Å². The molecule has 6 nitrogen and oxygen atoms in total. The van der Waals surface area contributed by atoms with Gasteiger partial charge in [0.2, 0.25) is 0 Å². The van der Waals surface area contributed by atoms with Crippen molar-refractivity contribution in [2.75, 3.05) is 37.0 Å². The zero-order valence-electron chi connectivity index (χ0n) is 80.8. The molecule has 0 unspecified atom stereocenters. The zero-order chi connectivity index (χ0) is 85.6. The van der Waals surface area contributed by atoms with Gasteiger partial charge in [0.05, 0.1) is 0 Å². The molecule has 0 heterocycles. The summed E-state index contributed by atoms with van der Waals surface area (Å²) in [6, 6.07) is 0. The fraction of sp³-hybridized carbons (Fsp3) is 0.889. The SMILES string of the molecule is CCCCCCCCC=CCCCCCCCCP(=O)([O-])CCCCCCCCC=CCCCCCCCC.CCCCCCCCC=CCCCCCCCCP(=O)([O-])CCCCCCCCC=CCCCCCCCC.CCCCCCCCC=CCCCCCCCCP(=O)([O-])CCCCCCCCC=CCCCCCCCC.[Cr+3]. The summed E-state index contributed by atoms with van der Waals surface area (Å²) in [7, 11) is -9.41. The Morgan fingerprint density at radius 2 is 0.212 bits per heavy atom. The van der Waals surface area contributed by atoms with Gasteiger partial charge in [0.15, 0.2) is 0 Å². The Bertz CT molecular complexity index is 1810. The first-order valence-electron chi connectivity index (χ1n) is 53.1. The van der Waals surface area contributed by atoms with Crippen molar-refractivity contribution in [1.29, 1.82) is 0 Å². The van der Waals surface area contributed by atoms with E-state index in [1.807, 2.05) is 0 Å². The van der Waals surface area contributed by atoms with Crippen LogP contribution < -0.4 is 14.7 Å². The predicted octanol–water partition coefficient (Wildman–Crippen LogP) is 38.1. The zero-order valence-corrected chi connectivity index (χ0v) is 84.7. The molecule has 0 saturated heterocycles. The molecule has 1 radical (unpaired) electrons. The topological polar surface area (TPSA) is 120 Å². The van der Waals surface area contributed by atoms with E-state index >= 15 is 0 Å². The van der Waals surface area contributed by atoms with Crippen LogP contribution in [0.5, 0.6) is 0 Å². The minimum Gasteiger partial charge on any atom is -0.799 e. The van der Waals surface area contributed by atoms with E-state index in [9.17, 15) is 28.4 Å². The van der Waals surface area contributed by atoms with Crippen LogP contribution in [-0.2, 0) is 31.1 Å². The van der Waals surface area contributed by atoms with E-state index in [0.29, 0.717) is 37.0 Å². The van der Waals surface area contributed by atoms with Crippen LogP contribution in [0.2, 0.25) is 0 Å². The standard InChI is InChI=1S/3C36H71O2P.Cr/c3*1-3-5-7-9-11-13-15-17-19-21-23-25-27-29-31-33-35-39(37,38)36-34-32-30-28-26-24-22-20-18-16-14-12-10-8-6-4-2;/h3*17-20H,3-16,21-36H2,1-2H3,(H,37,38);/q;;;+3/p-3. The van der Waals surface area contributed by atoms with Gasteiger partial charge in [0, 0.05) is 22.1 Å². The maximum Gasteiger partial charge on any atom is 3.00 e. The van der Waals surface area contributed by atoms with Gasteiger partial charge in [0.1, 0.15) is 0 Å². The normalized spacial score (nSPS) is 13.5. The predicted molar refractivity (Wildman–Crippen MR) is 529 cm³/mol. The van der Waals surface area contributed by atoms with E-state index in [1.54, 1.807) is 0 Å². The first kappa shape index (κ1) is 124. The van der Waals surface area contributed by atoms with E-state index < -0.39 is 22.1 Å². The summed E-state index contributed by atoms with van der Waals surface area (Å²) in [5, 5.41) is 0. The molecule has 0 amide bonds. The van der Waals surface area contributed by atoms with Gasteiger partial charge in [-0.25, -0.2) is 0 Å². The molecule has 0 spiro atoms. The first-order valence-corrected chi connectivity index (χ1v) is 59.1. The van der Waals surface area contributed by atoms with Crippen molar-refractivity contribution in [3.8, 4) is 0 Å². The van der Waals surface area contributed by atoms with Gasteiger partial charge in [-0.2, -0.15) is 0 Å². The summed E-state index contributed by atoms with van der Waals surface area (Å²) >= 11 is 0. The number of hydrogen-bond donors (Lipinski definition) is 0. The van der Waals surface area contributed by atoms with Gasteiger partial charge < -0.3 is 28.4 Å². The second-order valence-corrected chi connectivity index (χ2v) is 44.0. The van der Waals surface area contributed by atoms with Gasteiger partial charge in [-0.3, -0.25) is 0 Å². The van der Waals surface area contributed by atoms with Crippen LogP contribution >= 0.6 is 22.1 Å². The second-order valence-electron chi connectivity index (χ2n) is 36.4. The molecule has 0 aliphatic carbocycles. The number of hydrogen-bond acceptors (Lipinski definition) is 6. The summed E-state index contributed by atoms with van der Waals surface area (Å²) in [6.07, 6.45) is 137. The summed E-state index contributed by atoms with van der Waals surface area (Å²) in [6.45, 7) is 13.6. The van der Waals surface area contributed by atoms with Gasteiger partial charge in [-0.05, 0) is 230 Å². The minimum absolute atomic E-state index is 0. The van der Waals surface area contributed by atoms with Crippen LogP contribution in [0, 0.1) is 0 Å². The maximum atomic E-state index is 12.3. The summed E-state index contributed by atoms with van der Waals surface area (Å²) in [4.78, 5) is 37.0. The molecular formula is C108H210CrO6P3. The molecule has 0 aliphatic rings. The molecule has 0 N–H and O–H groups in total. The fourth-order valence-corrected chi connectivity index (χ4v) is 20.8. The molecule has 0 atom stereocenters. The van der Waals surface area contributed by atoms with Crippen molar-refractivity contribution < 1.29 is 45.7 Å². The number of rotatable bonds is 96. The molecule has 0 saturated carbocycles. The Kier molecular flexibility index (Phi) is 114. The molecule has 0 aromatic carbocycles. The van der Waals surface area contributed by atoms with E-state index in [4.69, 9.17) is 0 Å². The average molecular weight is 1750 g/mol. The third-order valence-electron chi connectivity index (χ3n) is 24.1. The summed E-state index contributed by atoms with van der Waals surface area (Å²) in [5.41, 5.74) is 0. The van der Waals surface area contributed by atoms with Gasteiger partial charge in [-0.1, -0.05) is 461 Å². The molecule has 0 aromatic rings. The third-order valence-corrected chi connectivity index (χ3v) is 30.0. The van der Waals surface area contributed by atoms with Crippen LogP contribution in [0.15, 0.2) is 72.9 Å². The molecule has 699 valence electrons. The maximum absolute atomic E-state index is 12.3. The van der Waals surface area contributed by atoms with Gasteiger partial charge >= 0.3 is 17.4 Å². The molecule has 0 fully saturated rings. The van der Waals surface area contributed by atoms with E-state index in [2.05, 4.69) is 114 Å². The van der Waals surface area contributed by atoms with Crippen LogP contribution in [0.25, 0.3) is 0 Å². The fourth-order valence-electron chi connectivity index (χ4n) is 15.9. The second kappa shape index (κ2) is 109. The van der Waals surface area contributed by atoms with Crippen LogP contribution in [0.1, 0.15) is 581 Å². The minimum atomic E-state index is -3.14. The molecule has 118 heavy (non-hydrogen) atoms. The number of unbranched alkanes of at least 4 members (excludes halogenated alkanes) is 72. The van der Waals surface area contributed by atoms with E-state index in [-0.39, 0.29) is 17.4 Å². The van der Waals surface area contributed by atoms with Gasteiger partial charge in [-0.15, -0.1) is 0 Å². The molecule has 10 heteroatoms. The van der Waals surface area contributed by atoms with E-state index in [1.165, 1.54) is 462 Å². The molecular weight excluding hydrogens is 1540 g/mol. The largest absolute Gasteiger partial charge is 3.00 e. The quantitative estimate of drug-likeness (QED) is 0.0340. The Hall–Kier alpha value is -0.458. The molecule has 0 rings (SSSR count). The van der Waals surface area contributed by atoms with Crippen LogP contribution in [0.4, 0.5) is 0 Å². The summed E-state index contributed by atoms with van der Waals surface area (Å²) < 4.78 is 37.0. The van der Waals surface area contributed by atoms with Crippen molar-refractivity contribution >= 4 is 22.1 Å².